The summed E-state index contributed by atoms with van der Waals surface area (Å²) < 4.78 is 0. The van der Waals surface area contributed by atoms with Gasteiger partial charge in [-0.1, -0.05) is 25.1 Å². The summed E-state index contributed by atoms with van der Waals surface area (Å²) in [7, 11) is 0. The number of anilines is 1. The smallest absolute Gasteiger partial charge is 0.303 e. The predicted molar refractivity (Wildman–Crippen MR) is 85.9 cm³/mol. The van der Waals surface area contributed by atoms with E-state index in [1.54, 1.807) is 0 Å². The molecule has 5 heteroatoms. The molecule has 0 aliphatic carbocycles. The molecule has 1 aromatic carbocycles. The van der Waals surface area contributed by atoms with E-state index in [0.717, 1.165) is 38.2 Å². The van der Waals surface area contributed by atoms with E-state index in [4.69, 9.17) is 5.11 Å². The van der Waals surface area contributed by atoms with Crippen LogP contribution in [0.3, 0.4) is 0 Å². The molecule has 1 amide bonds. The number of hydrogen-bond donors (Lipinski definition) is 1. The molecule has 1 aromatic rings. The van der Waals surface area contributed by atoms with Crippen LogP contribution in [0.25, 0.3) is 0 Å². The van der Waals surface area contributed by atoms with E-state index in [9.17, 15) is 9.59 Å². The molecule has 2 rings (SSSR count). The number of carbonyl (C=O) groups is 2. The van der Waals surface area contributed by atoms with E-state index < -0.39 is 5.97 Å². The van der Waals surface area contributed by atoms with Gasteiger partial charge in [0.2, 0.25) is 5.91 Å². The molecule has 1 saturated heterocycles. The second-order valence-electron chi connectivity index (χ2n) is 5.61. The molecule has 5 nitrogen and oxygen atoms in total. The number of carbonyl (C=O) groups excluding carboxylic acids is 1. The van der Waals surface area contributed by atoms with Crippen LogP contribution in [-0.2, 0) is 9.59 Å². The topological polar surface area (TPSA) is 60.9 Å². The molecule has 1 aliphatic heterocycles. The molecule has 0 radical (unpaired) electrons. The van der Waals surface area contributed by atoms with Crippen LogP contribution in [0.1, 0.15) is 32.6 Å². The van der Waals surface area contributed by atoms with Gasteiger partial charge in [-0.25, -0.2) is 0 Å². The molecular formula is C17H24N2O3. The van der Waals surface area contributed by atoms with Gasteiger partial charge in [-0.05, 0) is 44.5 Å². The van der Waals surface area contributed by atoms with Crippen LogP contribution in [0, 0.1) is 0 Å². The lowest BCUT2D eigenvalue weighted by Crippen LogP contribution is -2.42. The molecule has 120 valence electrons. The molecule has 1 N–H and O–H groups in total. The highest BCUT2D eigenvalue weighted by Gasteiger charge is 2.35. The first-order valence-electron chi connectivity index (χ1n) is 7.95. The number of aliphatic carboxylic acids is 1. The minimum absolute atomic E-state index is 0.0740. The van der Waals surface area contributed by atoms with Crippen molar-refractivity contribution < 1.29 is 14.7 Å². The number of benzene rings is 1. The molecule has 1 unspecified atom stereocenters. The summed E-state index contributed by atoms with van der Waals surface area (Å²) in [5.41, 5.74) is 0.955. The average Bonchev–Trinajstić information content (AvgIpc) is 2.90. The van der Waals surface area contributed by atoms with E-state index in [1.165, 1.54) is 0 Å². The van der Waals surface area contributed by atoms with Crippen LogP contribution in [0.2, 0.25) is 0 Å². The quantitative estimate of drug-likeness (QED) is 0.749. The zero-order chi connectivity index (χ0) is 15.9. The van der Waals surface area contributed by atoms with Crippen molar-refractivity contribution in [2.75, 3.05) is 24.5 Å². The van der Waals surface area contributed by atoms with Gasteiger partial charge in [0.1, 0.15) is 0 Å². The molecule has 0 bridgehead atoms. The van der Waals surface area contributed by atoms with Gasteiger partial charge in [0, 0.05) is 18.7 Å². The number of carboxylic acid groups (broad SMARTS) is 1. The zero-order valence-corrected chi connectivity index (χ0v) is 13.1. The van der Waals surface area contributed by atoms with Gasteiger partial charge in [-0.2, -0.15) is 0 Å². The lowest BCUT2D eigenvalue weighted by molar-refractivity contribution is -0.137. The summed E-state index contributed by atoms with van der Waals surface area (Å²) >= 11 is 0. The number of nitrogens with zero attached hydrogens (tertiary/aromatic N) is 2. The average molecular weight is 304 g/mol. The maximum absolute atomic E-state index is 12.6. The van der Waals surface area contributed by atoms with Gasteiger partial charge in [-0.15, -0.1) is 0 Å². The Bertz CT molecular complexity index is 504. The first kappa shape index (κ1) is 16.5. The Balaban J connectivity index is 1.91. The predicted octanol–water partition coefficient (Wildman–Crippen LogP) is 2.37. The van der Waals surface area contributed by atoms with Gasteiger partial charge < -0.3 is 10.0 Å². The number of amides is 1. The summed E-state index contributed by atoms with van der Waals surface area (Å²) in [6, 6.07) is 9.68. The number of likely N-dealkylation sites (N-methyl/N-ethyl adjacent to an activating group) is 1. The highest BCUT2D eigenvalue weighted by atomic mass is 16.4. The van der Waals surface area contributed by atoms with E-state index in [1.807, 2.05) is 35.2 Å². The van der Waals surface area contributed by atoms with Crippen LogP contribution < -0.4 is 4.90 Å². The lowest BCUT2D eigenvalue weighted by Gasteiger charge is -2.26. The fourth-order valence-electron chi connectivity index (χ4n) is 2.99. The highest BCUT2D eigenvalue weighted by Crippen LogP contribution is 2.24. The third kappa shape index (κ3) is 4.07. The zero-order valence-electron chi connectivity index (χ0n) is 13.1. The third-order valence-corrected chi connectivity index (χ3v) is 4.18. The summed E-state index contributed by atoms with van der Waals surface area (Å²) in [5.74, 6) is -0.596. The van der Waals surface area contributed by atoms with Crippen molar-refractivity contribution in [1.82, 2.24) is 4.90 Å². The second kappa shape index (κ2) is 7.94. The van der Waals surface area contributed by atoms with E-state index in [0.29, 0.717) is 6.42 Å². The molecule has 0 spiro atoms. The van der Waals surface area contributed by atoms with Crippen molar-refractivity contribution in [3.8, 4) is 0 Å². The normalized spacial score (nSPS) is 18.2. The first-order chi connectivity index (χ1) is 10.6. The first-order valence-corrected chi connectivity index (χ1v) is 7.95. The van der Waals surface area contributed by atoms with Gasteiger partial charge in [-0.3, -0.25) is 14.5 Å². The Kier molecular flexibility index (Phi) is 5.95. The Morgan fingerprint density at radius 3 is 2.68 bits per heavy atom. The largest absolute Gasteiger partial charge is 0.481 e. The van der Waals surface area contributed by atoms with Crippen molar-refractivity contribution in [2.24, 2.45) is 0 Å². The maximum Gasteiger partial charge on any atom is 0.303 e. The third-order valence-electron chi connectivity index (χ3n) is 4.18. The number of hydrogen-bond acceptors (Lipinski definition) is 3. The Morgan fingerprint density at radius 1 is 1.32 bits per heavy atom. The summed E-state index contributed by atoms with van der Waals surface area (Å²) in [6.45, 7) is 4.39. The van der Waals surface area contributed by atoms with Crippen molar-refractivity contribution in [1.29, 1.82) is 0 Å². The van der Waals surface area contributed by atoms with Crippen molar-refractivity contribution in [3.63, 3.8) is 0 Å². The molecule has 1 aliphatic rings. The summed E-state index contributed by atoms with van der Waals surface area (Å²) in [4.78, 5) is 27.2. The van der Waals surface area contributed by atoms with Gasteiger partial charge >= 0.3 is 5.97 Å². The van der Waals surface area contributed by atoms with Crippen LogP contribution in [0.15, 0.2) is 30.3 Å². The minimum atomic E-state index is -0.754. The molecule has 0 aromatic heterocycles. The monoisotopic (exact) mass is 304 g/mol. The number of para-hydroxylation sites is 1. The molecular weight excluding hydrogens is 280 g/mol. The van der Waals surface area contributed by atoms with Crippen LogP contribution in [0.5, 0.6) is 0 Å². The van der Waals surface area contributed by atoms with Crippen molar-refractivity contribution in [3.05, 3.63) is 30.3 Å². The Hall–Kier alpha value is -1.88. The second-order valence-corrected chi connectivity index (χ2v) is 5.61. The summed E-state index contributed by atoms with van der Waals surface area (Å²) in [5, 5.41) is 8.68. The van der Waals surface area contributed by atoms with Crippen LogP contribution >= 0.6 is 0 Å². The van der Waals surface area contributed by atoms with Crippen molar-refractivity contribution in [2.45, 2.75) is 38.6 Å². The fourth-order valence-corrected chi connectivity index (χ4v) is 2.99. The van der Waals surface area contributed by atoms with Crippen LogP contribution in [-0.4, -0.2) is 47.6 Å². The maximum atomic E-state index is 12.6. The molecule has 0 saturated carbocycles. The van der Waals surface area contributed by atoms with Gasteiger partial charge in [0.15, 0.2) is 0 Å². The molecule has 1 atom stereocenters. The standard InChI is InChI=1S/C17H24N2O3/c1-2-18(12-7-6-10-16(20)21)15-11-13-19(17(15)22)14-8-4-3-5-9-14/h3-5,8-9,15H,2,6-7,10-13H2,1H3,(H,20,21). The lowest BCUT2D eigenvalue weighted by atomic mass is 10.1. The van der Waals surface area contributed by atoms with E-state index >= 15 is 0 Å². The summed E-state index contributed by atoms with van der Waals surface area (Å²) in [6.07, 6.45) is 2.51. The van der Waals surface area contributed by atoms with E-state index in [-0.39, 0.29) is 18.4 Å². The number of carboxylic acids is 1. The van der Waals surface area contributed by atoms with Gasteiger partial charge in [0.05, 0.1) is 6.04 Å². The van der Waals surface area contributed by atoms with E-state index in [2.05, 4.69) is 11.8 Å². The molecule has 1 fully saturated rings. The SMILES string of the molecule is CCN(CCCCC(=O)O)C1CCN(c2ccccc2)C1=O. The minimum Gasteiger partial charge on any atom is -0.481 e. The number of rotatable bonds is 8. The molecule has 1 heterocycles. The van der Waals surface area contributed by atoms with Gasteiger partial charge in [0.25, 0.3) is 0 Å². The highest BCUT2D eigenvalue weighted by molar-refractivity contribution is 5.99. The number of unbranched alkanes of at least 4 members (excludes halogenated alkanes) is 1. The van der Waals surface area contributed by atoms with Crippen LogP contribution in [0.4, 0.5) is 5.69 Å². The Labute approximate surface area is 131 Å². The molecule has 22 heavy (non-hydrogen) atoms. The fraction of sp³-hybridized carbons (Fsp3) is 0.529. The Morgan fingerprint density at radius 2 is 2.05 bits per heavy atom. The van der Waals surface area contributed by atoms with Crippen molar-refractivity contribution >= 4 is 17.6 Å².